The maximum absolute atomic E-state index is 12.8. The van der Waals surface area contributed by atoms with Gasteiger partial charge in [-0.05, 0) is 49.5 Å². The van der Waals surface area contributed by atoms with Crippen molar-refractivity contribution < 1.29 is 19.1 Å². The Kier molecular flexibility index (Phi) is 5.99. The molecule has 2 N–H and O–H groups in total. The lowest BCUT2D eigenvalue weighted by Gasteiger charge is -2.30. The fraction of sp³-hybridized carbons (Fsp3) is 0.150. The zero-order chi connectivity index (χ0) is 21.0. The van der Waals surface area contributed by atoms with Gasteiger partial charge in [0.25, 0.3) is 11.8 Å². The molecule has 3 rings (SSSR count). The second-order valence-corrected chi connectivity index (χ2v) is 6.62. The van der Waals surface area contributed by atoms with Gasteiger partial charge in [-0.25, -0.2) is 5.43 Å². The van der Waals surface area contributed by atoms with Crippen LogP contribution in [0.15, 0.2) is 53.6 Å². The summed E-state index contributed by atoms with van der Waals surface area (Å²) in [6, 6.07) is 13.6. The SMILES string of the molecule is COc1cccc(C(=O)N/N=C/[C@@H]2C(=O)NC(=S)N(c3ccc(C)cc3)C2=O)c1. The number of nitrogens with zero attached hydrogens (tertiary/aromatic N) is 2. The molecule has 1 saturated heterocycles. The lowest BCUT2D eigenvalue weighted by molar-refractivity contribution is -0.130. The number of nitrogens with one attached hydrogen (secondary N) is 2. The first-order valence-corrected chi connectivity index (χ1v) is 9.04. The number of thiocarbonyl (C=S) groups is 1. The van der Waals surface area contributed by atoms with Crippen molar-refractivity contribution in [2.24, 2.45) is 11.0 Å². The molecule has 1 aliphatic heterocycles. The van der Waals surface area contributed by atoms with Crippen LogP contribution in [-0.4, -0.2) is 36.2 Å². The Balaban J connectivity index is 1.74. The molecule has 29 heavy (non-hydrogen) atoms. The smallest absolute Gasteiger partial charge is 0.271 e. The molecule has 0 unspecified atom stereocenters. The Morgan fingerprint density at radius 2 is 1.97 bits per heavy atom. The van der Waals surface area contributed by atoms with Crippen molar-refractivity contribution in [3.63, 3.8) is 0 Å². The van der Waals surface area contributed by atoms with E-state index in [-0.39, 0.29) is 5.11 Å². The minimum Gasteiger partial charge on any atom is -0.497 e. The normalized spacial score (nSPS) is 16.7. The van der Waals surface area contributed by atoms with Gasteiger partial charge in [-0.2, -0.15) is 5.10 Å². The van der Waals surface area contributed by atoms with Crippen molar-refractivity contribution in [2.75, 3.05) is 12.0 Å². The van der Waals surface area contributed by atoms with Gasteiger partial charge in [0.2, 0.25) is 5.91 Å². The number of anilines is 1. The van der Waals surface area contributed by atoms with E-state index in [1.165, 1.54) is 12.0 Å². The summed E-state index contributed by atoms with van der Waals surface area (Å²) in [6.07, 6.45) is 1.08. The van der Waals surface area contributed by atoms with Crippen molar-refractivity contribution >= 4 is 47.0 Å². The average Bonchev–Trinajstić information content (AvgIpc) is 2.71. The molecule has 148 valence electrons. The number of carbonyl (C=O) groups is 3. The van der Waals surface area contributed by atoms with Gasteiger partial charge in [0, 0.05) is 11.8 Å². The van der Waals surface area contributed by atoms with Gasteiger partial charge in [-0.15, -0.1) is 0 Å². The van der Waals surface area contributed by atoms with Crippen LogP contribution in [0.25, 0.3) is 0 Å². The van der Waals surface area contributed by atoms with Gasteiger partial charge >= 0.3 is 0 Å². The first-order chi connectivity index (χ1) is 13.9. The molecule has 0 aromatic heterocycles. The van der Waals surface area contributed by atoms with Gasteiger partial charge < -0.3 is 10.1 Å². The molecule has 2 aromatic carbocycles. The molecule has 0 radical (unpaired) electrons. The number of methoxy groups -OCH3 is 1. The van der Waals surface area contributed by atoms with Crippen LogP contribution in [0.4, 0.5) is 5.69 Å². The molecule has 2 aromatic rings. The van der Waals surface area contributed by atoms with Gasteiger partial charge in [0.15, 0.2) is 11.0 Å². The van der Waals surface area contributed by atoms with Crippen molar-refractivity contribution in [3.8, 4) is 5.75 Å². The lowest BCUT2D eigenvalue weighted by Crippen LogP contribution is -2.58. The zero-order valence-corrected chi connectivity index (χ0v) is 16.5. The van der Waals surface area contributed by atoms with E-state index in [2.05, 4.69) is 15.8 Å². The van der Waals surface area contributed by atoms with Crippen LogP contribution in [0.1, 0.15) is 15.9 Å². The van der Waals surface area contributed by atoms with E-state index in [1.807, 2.05) is 19.1 Å². The summed E-state index contributed by atoms with van der Waals surface area (Å²) in [7, 11) is 1.49. The van der Waals surface area contributed by atoms with Crippen LogP contribution in [0.2, 0.25) is 0 Å². The number of carbonyl (C=O) groups excluding carboxylic acids is 3. The van der Waals surface area contributed by atoms with Crippen LogP contribution in [0.3, 0.4) is 0 Å². The molecule has 9 heteroatoms. The van der Waals surface area contributed by atoms with E-state index >= 15 is 0 Å². The molecule has 8 nitrogen and oxygen atoms in total. The number of hydrazone groups is 1. The number of benzene rings is 2. The largest absolute Gasteiger partial charge is 0.497 e. The Morgan fingerprint density at radius 3 is 2.66 bits per heavy atom. The zero-order valence-electron chi connectivity index (χ0n) is 15.7. The highest BCUT2D eigenvalue weighted by Crippen LogP contribution is 2.20. The van der Waals surface area contributed by atoms with Crippen LogP contribution >= 0.6 is 12.2 Å². The summed E-state index contributed by atoms with van der Waals surface area (Å²) >= 11 is 5.14. The average molecular weight is 410 g/mol. The molecular formula is C20H18N4O4S. The quantitative estimate of drug-likeness (QED) is 0.339. The number of amides is 3. The number of rotatable bonds is 5. The van der Waals surface area contributed by atoms with Gasteiger partial charge in [0.1, 0.15) is 5.75 Å². The van der Waals surface area contributed by atoms with Crippen LogP contribution < -0.4 is 20.4 Å². The second-order valence-electron chi connectivity index (χ2n) is 6.23. The summed E-state index contributed by atoms with van der Waals surface area (Å²) in [5.74, 6) is -2.38. The predicted molar refractivity (Wildman–Crippen MR) is 112 cm³/mol. The van der Waals surface area contributed by atoms with E-state index in [1.54, 1.807) is 36.4 Å². The fourth-order valence-corrected chi connectivity index (χ4v) is 2.96. The molecule has 1 heterocycles. The van der Waals surface area contributed by atoms with Gasteiger partial charge in [-0.3, -0.25) is 19.3 Å². The number of aryl methyl sites for hydroxylation is 1. The van der Waals surface area contributed by atoms with Crippen molar-refractivity contribution in [1.82, 2.24) is 10.7 Å². The monoisotopic (exact) mass is 410 g/mol. The first kappa shape index (κ1) is 20.2. The van der Waals surface area contributed by atoms with Crippen molar-refractivity contribution in [2.45, 2.75) is 6.92 Å². The number of hydrogen-bond acceptors (Lipinski definition) is 6. The van der Waals surface area contributed by atoms with E-state index < -0.39 is 23.6 Å². The first-order valence-electron chi connectivity index (χ1n) is 8.63. The number of ether oxygens (including phenoxy) is 1. The fourth-order valence-electron chi connectivity index (χ4n) is 2.66. The third-order valence-electron chi connectivity index (χ3n) is 4.22. The molecule has 0 saturated carbocycles. The van der Waals surface area contributed by atoms with Crippen molar-refractivity contribution in [3.05, 3.63) is 59.7 Å². The van der Waals surface area contributed by atoms with E-state index in [9.17, 15) is 14.4 Å². The second kappa shape index (κ2) is 8.61. The summed E-state index contributed by atoms with van der Waals surface area (Å²) in [6.45, 7) is 1.92. The highest BCUT2D eigenvalue weighted by Gasteiger charge is 2.38. The summed E-state index contributed by atoms with van der Waals surface area (Å²) in [4.78, 5) is 38.4. The van der Waals surface area contributed by atoms with Gasteiger partial charge in [-0.1, -0.05) is 23.8 Å². The topological polar surface area (TPSA) is 100 Å². The van der Waals surface area contributed by atoms with E-state index in [0.29, 0.717) is 17.0 Å². The Bertz CT molecular complexity index is 1000. The van der Waals surface area contributed by atoms with E-state index in [4.69, 9.17) is 17.0 Å². The molecule has 0 aliphatic carbocycles. The maximum atomic E-state index is 12.8. The standard InChI is InChI=1S/C20H18N4O4S/c1-12-6-8-14(9-7-12)24-19(27)16(18(26)22-20(24)29)11-21-23-17(25)13-4-3-5-15(10-13)28-2/h3-11,16H,1-2H3,(H,23,25)(H,22,26,29)/b21-11+/t16-/m1/s1. The highest BCUT2D eigenvalue weighted by atomic mass is 32.1. The molecular weight excluding hydrogens is 392 g/mol. The van der Waals surface area contributed by atoms with E-state index in [0.717, 1.165) is 11.8 Å². The molecule has 1 aliphatic rings. The maximum Gasteiger partial charge on any atom is 0.271 e. The third kappa shape index (κ3) is 4.46. The number of hydrogen-bond donors (Lipinski definition) is 2. The Labute approximate surface area is 172 Å². The summed E-state index contributed by atoms with van der Waals surface area (Å²) < 4.78 is 5.07. The van der Waals surface area contributed by atoms with Crippen LogP contribution in [0.5, 0.6) is 5.75 Å². The van der Waals surface area contributed by atoms with Crippen molar-refractivity contribution in [1.29, 1.82) is 0 Å². The lowest BCUT2D eigenvalue weighted by atomic mass is 10.1. The highest BCUT2D eigenvalue weighted by molar-refractivity contribution is 7.80. The summed E-state index contributed by atoms with van der Waals surface area (Å²) in [5.41, 5.74) is 4.18. The predicted octanol–water partition coefficient (Wildman–Crippen LogP) is 1.78. The molecule has 0 bridgehead atoms. The molecule has 3 amide bonds. The Hall–Kier alpha value is -3.59. The molecule has 1 atom stereocenters. The molecule has 0 spiro atoms. The minimum atomic E-state index is -1.23. The third-order valence-corrected chi connectivity index (χ3v) is 4.50. The van der Waals surface area contributed by atoms with Gasteiger partial charge in [0.05, 0.1) is 12.8 Å². The summed E-state index contributed by atoms with van der Waals surface area (Å²) in [5, 5.41) is 6.26. The van der Waals surface area contributed by atoms with Crippen LogP contribution in [0, 0.1) is 12.8 Å². The van der Waals surface area contributed by atoms with Crippen LogP contribution in [-0.2, 0) is 9.59 Å². The Morgan fingerprint density at radius 1 is 1.24 bits per heavy atom. The minimum absolute atomic E-state index is 0.00563. The molecule has 1 fully saturated rings.